The molecule has 3 rings (SSSR count). The Kier molecular flexibility index (Phi) is 7.73. The van der Waals surface area contributed by atoms with Crippen LogP contribution in [0, 0.1) is 5.92 Å². The summed E-state index contributed by atoms with van der Waals surface area (Å²) in [4.78, 5) is 47.3. The smallest absolute Gasteiger partial charge is 0.330 e. The van der Waals surface area contributed by atoms with Crippen molar-refractivity contribution < 1.29 is 4.79 Å². The number of carbonyl (C=O) groups excluding carboxylic acids is 1. The first kappa shape index (κ1) is 23.3. The van der Waals surface area contributed by atoms with E-state index in [2.05, 4.69) is 25.8 Å². The van der Waals surface area contributed by atoms with E-state index in [1.54, 1.807) is 4.57 Å². The van der Waals surface area contributed by atoms with E-state index in [9.17, 15) is 14.4 Å². The summed E-state index contributed by atoms with van der Waals surface area (Å²) in [7, 11) is 0. The molecule has 0 atom stereocenters. The Morgan fingerprint density at radius 1 is 1.19 bits per heavy atom. The summed E-state index contributed by atoms with van der Waals surface area (Å²) in [6, 6.07) is 0.356. The molecular formula is C23H37N5O3. The standard InChI is InChI=1S/C23H37N5O3/c1-5-7-14-27-21-20(22(30)25-23(27)31)28(15-16(3)4)18(24-21)12-13-19(29)26(6-2)17-10-8-9-11-17/h16-17H,5-15H2,1-4H3,(H,25,30,31). The summed E-state index contributed by atoms with van der Waals surface area (Å²) >= 11 is 0. The van der Waals surface area contributed by atoms with Gasteiger partial charge in [-0.2, -0.15) is 0 Å². The highest BCUT2D eigenvalue weighted by atomic mass is 16.2. The number of fused-ring (bicyclic) bond motifs is 1. The molecule has 1 saturated carbocycles. The minimum absolute atomic E-state index is 0.148. The first-order valence-corrected chi connectivity index (χ1v) is 11.9. The van der Waals surface area contributed by atoms with Gasteiger partial charge in [0.05, 0.1) is 0 Å². The van der Waals surface area contributed by atoms with Gasteiger partial charge in [-0.25, -0.2) is 9.78 Å². The number of hydrogen-bond acceptors (Lipinski definition) is 4. The minimum Gasteiger partial charge on any atom is -0.340 e. The Morgan fingerprint density at radius 2 is 1.90 bits per heavy atom. The fourth-order valence-electron chi connectivity index (χ4n) is 4.71. The molecule has 8 nitrogen and oxygen atoms in total. The number of amides is 1. The molecule has 0 aromatic carbocycles. The average molecular weight is 432 g/mol. The second-order valence-electron chi connectivity index (χ2n) is 9.09. The molecule has 2 heterocycles. The van der Waals surface area contributed by atoms with E-state index in [4.69, 9.17) is 4.98 Å². The van der Waals surface area contributed by atoms with Crippen molar-refractivity contribution in [2.75, 3.05) is 6.54 Å². The number of imidazole rings is 1. The summed E-state index contributed by atoms with van der Waals surface area (Å²) in [5, 5.41) is 0. The number of aryl methyl sites for hydroxylation is 2. The van der Waals surface area contributed by atoms with E-state index in [1.165, 1.54) is 12.8 Å². The van der Waals surface area contributed by atoms with Crippen molar-refractivity contribution in [3.05, 3.63) is 26.7 Å². The fraction of sp³-hybridized carbons (Fsp3) is 0.739. The summed E-state index contributed by atoms with van der Waals surface area (Å²) < 4.78 is 3.49. The van der Waals surface area contributed by atoms with Gasteiger partial charge in [0.1, 0.15) is 5.82 Å². The van der Waals surface area contributed by atoms with Gasteiger partial charge in [-0.15, -0.1) is 0 Å². The quantitative estimate of drug-likeness (QED) is 0.626. The van der Waals surface area contributed by atoms with Gasteiger partial charge in [-0.05, 0) is 32.1 Å². The Hall–Kier alpha value is -2.38. The van der Waals surface area contributed by atoms with Crippen molar-refractivity contribution >= 4 is 17.1 Å². The molecule has 0 radical (unpaired) electrons. The number of H-pyrrole nitrogens is 1. The zero-order valence-corrected chi connectivity index (χ0v) is 19.4. The third-order valence-electron chi connectivity index (χ3n) is 6.24. The number of carbonyl (C=O) groups is 1. The normalized spacial score (nSPS) is 14.7. The third-order valence-corrected chi connectivity index (χ3v) is 6.24. The Balaban J connectivity index is 1.94. The van der Waals surface area contributed by atoms with Crippen LogP contribution in [0.2, 0.25) is 0 Å². The number of nitrogens with one attached hydrogen (secondary N) is 1. The molecular weight excluding hydrogens is 394 g/mol. The molecule has 0 spiro atoms. The molecule has 8 heteroatoms. The van der Waals surface area contributed by atoms with E-state index in [-0.39, 0.29) is 5.91 Å². The Morgan fingerprint density at radius 3 is 2.52 bits per heavy atom. The zero-order valence-electron chi connectivity index (χ0n) is 19.4. The first-order valence-electron chi connectivity index (χ1n) is 11.9. The van der Waals surface area contributed by atoms with Crippen molar-refractivity contribution in [2.24, 2.45) is 5.92 Å². The Labute approximate surface area is 183 Å². The third kappa shape index (κ3) is 5.10. The molecule has 0 unspecified atom stereocenters. The molecule has 0 bridgehead atoms. The molecule has 1 amide bonds. The highest BCUT2D eigenvalue weighted by Crippen LogP contribution is 2.24. The first-order chi connectivity index (χ1) is 14.9. The molecule has 1 aliphatic carbocycles. The van der Waals surface area contributed by atoms with Gasteiger partial charge in [-0.1, -0.05) is 40.0 Å². The molecule has 1 fully saturated rings. The van der Waals surface area contributed by atoms with Crippen LogP contribution in [0.4, 0.5) is 0 Å². The lowest BCUT2D eigenvalue weighted by molar-refractivity contribution is -0.133. The maximum Gasteiger partial charge on any atom is 0.330 e. The highest BCUT2D eigenvalue weighted by molar-refractivity contribution is 5.77. The summed E-state index contributed by atoms with van der Waals surface area (Å²) in [6.45, 7) is 10.1. The van der Waals surface area contributed by atoms with Crippen molar-refractivity contribution in [3.63, 3.8) is 0 Å². The molecule has 0 saturated heterocycles. The number of hydrogen-bond donors (Lipinski definition) is 1. The molecule has 172 valence electrons. The van der Waals surface area contributed by atoms with Crippen LogP contribution in [-0.2, 0) is 24.3 Å². The summed E-state index contributed by atoms with van der Waals surface area (Å²) in [5.74, 6) is 1.16. The lowest BCUT2D eigenvalue weighted by Gasteiger charge is -2.27. The minimum atomic E-state index is -0.416. The van der Waals surface area contributed by atoms with E-state index >= 15 is 0 Å². The second-order valence-corrected chi connectivity index (χ2v) is 9.09. The van der Waals surface area contributed by atoms with E-state index in [1.807, 2.05) is 16.4 Å². The van der Waals surface area contributed by atoms with Gasteiger partial charge >= 0.3 is 5.69 Å². The largest absolute Gasteiger partial charge is 0.340 e. The van der Waals surface area contributed by atoms with Crippen molar-refractivity contribution in [3.8, 4) is 0 Å². The number of unbranched alkanes of at least 4 members (excludes halogenated alkanes) is 1. The molecule has 1 aliphatic rings. The number of aromatic nitrogens is 4. The van der Waals surface area contributed by atoms with E-state index in [0.29, 0.717) is 54.9 Å². The molecule has 0 aliphatic heterocycles. The second kappa shape index (κ2) is 10.3. The van der Waals surface area contributed by atoms with Gasteiger partial charge in [0.15, 0.2) is 11.2 Å². The van der Waals surface area contributed by atoms with Crippen molar-refractivity contribution in [1.29, 1.82) is 0 Å². The lowest BCUT2D eigenvalue weighted by atomic mass is 10.1. The van der Waals surface area contributed by atoms with Crippen LogP contribution >= 0.6 is 0 Å². The highest BCUT2D eigenvalue weighted by Gasteiger charge is 2.26. The van der Waals surface area contributed by atoms with Crippen LogP contribution in [0.5, 0.6) is 0 Å². The monoisotopic (exact) mass is 431 g/mol. The van der Waals surface area contributed by atoms with Crippen molar-refractivity contribution in [2.45, 2.75) is 98.2 Å². The maximum absolute atomic E-state index is 13.0. The number of nitrogens with zero attached hydrogens (tertiary/aromatic N) is 4. The van der Waals surface area contributed by atoms with Crippen LogP contribution in [-0.4, -0.2) is 42.5 Å². The summed E-state index contributed by atoms with van der Waals surface area (Å²) in [5.41, 5.74) is 0.0595. The van der Waals surface area contributed by atoms with Gasteiger partial charge in [-0.3, -0.25) is 19.1 Å². The fourth-order valence-corrected chi connectivity index (χ4v) is 4.71. The molecule has 2 aromatic rings. The molecule has 2 aromatic heterocycles. The topological polar surface area (TPSA) is 93.0 Å². The van der Waals surface area contributed by atoms with E-state index in [0.717, 1.165) is 32.2 Å². The molecule has 31 heavy (non-hydrogen) atoms. The zero-order chi connectivity index (χ0) is 22.5. The average Bonchev–Trinajstić information content (AvgIpc) is 3.35. The van der Waals surface area contributed by atoms with Crippen LogP contribution in [0.3, 0.4) is 0 Å². The van der Waals surface area contributed by atoms with Gasteiger partial charge in [0.25, 0.3) is 5.56 Å². The maximum atomic E-state index is 13.0. The SMILES string of the molecule is CCCCn1c(=O)[nH]c(=O)c2c1nc(CCC(=O)N(CC)C1CCCC1)n2CC(C)C. The van der Waals surface area contributed by atoms with Crippen LogP contribution in [0.15, 0.2) is 9.59 Å². The molecule has 1 N–H and O–H groups in total. The number of rotatable bonds is 10. The predicted molar refractivity (Wildman–Crippen MR) is 122 cm³/mol. The lowest BCUT2D eigenvalue weighted by Crippen LogP contribution is -2.38. The summed E-state index contributed by atoms with van der Waals surface area (Å²) in [6.07, 6.45) is 7.16. The number of aromatic amines is 1. The van der Waals surface area contributed by atoms with Crippen LogP contribution < -0.4 is 11.2 Å². The predicted octanol–water partition coefficient (Wildman–Crippen LogP) is 3.07. The van der Waals surface area contributed by atoms with Gasteiger partial charge in [0.2, 0.25) is 5.91 Å². The van der Waals surface area contributed by atoms with E-state index < -0.39 is 11.2 Å². The van der Waals surface area contributed by atoms with Crippen molar-refractivity contribution in [1.82, 2.24) is 24.0 Å². The van der Waals surface area contributed by atoms with Crippen LogP contribution in [0.25, 0.3) is 11.2 Å². The van der Waals surface area contributed by atoms with Crippen LogP contribution in [0.1, 0.15) is 78.5 Å². The Bertz CT molecular complexity index is 1010. The van der Waals surface area contributed by atoms with Gasteiger partial charge in [0, 0.05) is 38.5 Å². The van der Waals surface area contributed by atoms with Gasteiger partial charge < -0.3 is 9.47 Å².